The van der Waals surface area contributed by atoms with Gasteiger partial charge in [0, 0.05) is 5.92 Å². The monoisotopic (exact) mass is 248 g/mol. The number of hydrogen-bond donors (Lipinski definition) is 0. The van der Waals surface area contributed by atoms with Crippen molar-refractivity contribution >= 4 is 6.29 Å². The highest BCUT2D eigenvalue weighted by atomic mass is 16.1. The van der Waals surface area contributed by atoms with Crippen LogP contribution in [0, 0.1) is 28.6 Å². The van der Waals surface area contributed by atoms with Crippen LogP contribution in [0.1, 0.15) is 60.3 Å². The second-order valence-corrected chi connectivity index (χ2v) is 7.52. The molecular formula is C17H28O. The Balaban J connectivity index is 2.38. The van der Waals surface area contributed by atoms with Crippen LogP contribution < -0.4 is 0 Å². The smallest absolute Gasteiger partial charge is 0.123 e. The molecule has 1 nitrogen and oxygen atoms in total. The lowest BCUT2D eigenvalue weighted by molar-refractivity contribution is -0.116. The minimum absolute atomic E-state index is 0.143. The summed E-state index contributed by atoms with van der Waals surface area (Å²) >= 11 is 0. The third-order valence-electron chi connectivity index (χ3n) is 6.12. The normalized spacial score (nSPS) is 40.6. The Morgan fingerprint density at radius 3 is 2.67 bits per heavy atom. The van der Waals surface area contributed by atoms with Gasteiger partial charge in [0.05, 0.1) is 0 Å². The van der Waals surface area contributed by atoms with E-state index in [0.717, 1.165) is 12.7 Å². The summed E-state index contributed by atoms with van der Waals surface area (Å²) in [6.07, 6.45) is 8.64. The van der Waals surface area contributed by atoms with Crippen molar-refractivity contribution < 1.29 is 4.79 Å². The summed E-state index contributed by atoms with van der Waals surface area (Å²) in [5, 5.41) is 0. The van der Waals surface area contributed by atoms with Gasteiger partial charge in [-0.25, -0.2) is 0 Å². The lowest BCUT2D eigenvalue weighted by Gasteiger charge is -2.54. The second-order valence-electron chi connectivity index (χ2n) is 7.52. The molecule has 4 atom stereocenters. The molecule has 2 aliphatic rings. The van der Waals surface area contributed by atoms with E-state index in [1.54, 1.807) is 5.57 Å². The van der Waals surface area contributed by atoms with Gasteiger partial charge < -0.3 is 4.79 Å². The number of allylic oxidation sites excluding steroid dienone is 2. The van der Waals surface area contributed by atoms with Gasteiger partial charge in [-0.2, -0.15) is 0 Å². The van der Waals surface area contributed by atoms with Gasteiger partial charge >= 0.3 is 0 Å². The van der Waals surface area contributed by atoms with Gasteiger partial charge in [-0.05, 0) is 48.3 Å². The standard InChI is InChI=1S/C17H28O/c1-12(11-18)17(5)10-8-14-7-6-9-16(3,4)15(14)13(17)2/h8,11-13,15H,6-7,9-10H2,1-5H3. The van der Waals surface area contributed by atoms with Gasteiger partial charge in [0.15, 0.2) is 0 Å². The molecule has 0 amide bonds. The molecule has 0 aromatic heterocycles. The van der Waals surface area contributed by atoms with Crippen molar-refractivity contribution in [3.63, 3.8) is 0 Å². The lowest BCUT2D eigenvalue weighted by Crippen LogP contribution is -2.46. The maximum atomic E-state index is 11.3. The Morgan fingerprint density at radius 1 is 1.39 bits per heavy atom. The Hall–Kier alpha value is -0.590. The number of carbonyl (C=O) groups excluding carboxylic acids is 1. The van der Waals surface area contributed by atoms with Crippen molar-refractivity contribution in [2.24, 2.45) is 28.6 Å². The number of hydrogen-bond acceptors (Lipinski definition) is 1. The lowest BCUT2D eigenvalue weighted by atomic mass is 9.51. The first kappa shape index (κ1) is 13.8. The Bertz CT molecular complexity index is 366. The van der Waals surface area contributed by atoms with E-state index in [0.29, 0.717) is 17.3 Å². The van der Waals surface area contributed by atoms with Gasteiger partial charge in [0.1, 0.15) is 6.29 Å². The summed E-state index contributed by atoms with van der Waals surface area (Å²) in [6, 6.07) is 0. The van der Waals surface area contributed by atoms with Crippen LogP contribution in [0.25, 0.3) is 0 Å². The average Bonchev–Trinajstić information content (AvgIpc) is 2.32. The van der Waals surface area contributed by atoms with Gasteiger partial charge in [0.25, 0.3) is 0 Å². The maximum Gasteiger partial charge on any atom is 0.123 e. The SMILES string of the molecule is CC(C=O)C1(C)CC=C2CCCC(C)(C)C2C1C. The van der Waals surface area contributed by atoms with Gasteiger partial charge in [-0.3, -0.25) is 0 Å². The molecule has 102 valence electrons. The van der Waals surface area contributed by atoms with Crippen LogP contribution in [-0.4, -0.2) is 6.29 Å². The average molecular weight is 248 g/mol. The molecule has 2 aliphatic carbocycles. The molecule has 0 spiro atoms. The fourth-order valence-corrected chi connectivity index (χ4v) is 4.46. The molecule has 1 fully saturated rings. The predicted molar refractivity (Wildman–Crippen MR) is 76.3 cm³/mol. The number of fused-ring (bicyclic) bond motifs is 1. The quantitative estimate of drug-likeness (QED) is 0.515. The summed E-state index contributed by atoms with van der Waals surface area (Å²) in [5.74, 6) is 1.43. The second kappa shape index (κ2) is 4.51. The topological polar surface area (TPSA) is 17.1 Å². The highest BCUT2D eigenvalue weighted by molar-refractivity contribution is 5.55. The van der Waals surface area contributed by atoms with Crippen LogP contribution in [-0.2, 0) is 4.79 Å². The molecule has 0 aromatic carbocycles. The molecule has 4 unspecified atom stereocenters. The molecular weight excluding hydrogens is 220 g/mol. The molecule has 0 radical (unpaired) electrons. The molecule has 0 bridgehead atoms. The predicted octanol–water partition coefficient (Wildman–Crippen LogP) is 4.62. The van der Waals surface area contributed by atoms with Crippen molar-refractivity contribution in [2.45, 2.75) is 60.3 Å². The third kappa shape index (κ3) is 1.96. The molecule has 0 heterocycles. The van der Waals surface area contributed by atoms with E-state index in [2.05, 4.69) is 40.7 Å². The number of rotatable bonds is 2. The van der Waals surface area contributed by atoms with Crippen LogP contribution in [0.2, 0.25) is 0 Å². The first-order chi connectivity index (χ1) is 8.33. The Labute approximate surface area is 112 Å². The maximum absolute atomic E-state index is 11.3. The Morgan fingerprint density at radius 2 is 2.06 bits per heavy atom. The van der Waals surface area contributed by atoms with Crippen molar-refractivity contribution in [1.82, 2.24) is 0 Å². The van der Waals surface area contributed by atoms with Crippen LogP contribution in [0.15, 0.2) is 11.6 Å². The molecule has 1 saturated carbocycles. The van der Waals surface area contributed by atoms with Gasteiger partial charge in [-0.1, -0.05) is 46.3 Å². The molecule has 0 N–H and O–H groups in total. The van der Waals surface area contributed by atoms with Gasteiger partial charge in [0.2, 0.25) is 0 Å². The number of carbonyl (C=O) groups is 1. The molecule has 18 heavy (non-hydrogen) atoms. The molecule has 1 heteroatoms. The summed E-state index contributed by atoms with van der Waals surface area (Å²) in [7, 11) is 0. The van der Waals surface area contributed by atoms with E-state index in [-0.39, 0.29) is 11.3 Å². The largest absolute Gasteiger partial charge is 0.303 e. The Kier molecular flexibility index (Phi) is 3.46. The van der Waals surface area contributed by atoms with Crippen LogP contribution >= 0.6 is 0 Å². The fourth-order valence-electron chi connectivity index (χ4n) is 4.46. The van der Waals surface area contributed by atoms with Crippen molar-refractivity contribution in [2.75, 3.05) is 0 Å². The van der Waals surface area contributed by atoms with Crippen molar-refractivity contribution in [3.8, 4) is 0 Å². The minimum Gasteiger partial charge on any atom is -0.303 e. The van der Waals surface area contributed by atoms with E-state index in [1.807, 2.05) is 0 Å². The third-order valence-corrected chi connectivity index (χ3v) is 6.12. The zero-order valence-corrected chi connectivity index (χ0v) is 12.6. The number of aldehydes is 1. The zero-order chi connectivity index (χ0) is 13.6. The first-order valence-electron chi connectivity index (χ1n) is 7.47. The van der Waals surface area contributed by atoms with Gasteiger partial charge in [-0.15, -0.1) is 0 Å². The van der Waals surface area contributed by atoms with Crippen LogP contribution in [0.4, 0.5) is 0 Å². The molecule has 2 rings (SSSR count). The molecule has 0 saturated heterocycles. The molecule has 0 aliphatic heterocycles. The zero-order valence-electron chi connectivity index (χ0n) is 12.6. The van der Waals surface area contributed by atoms with E-state index in [4.69, 9.17) is 0 Å². The van der Waals surface area contributed by atoms with E-state index in [9.17, 15) is 4.79 Å². The highest BCUT2D eigenvalue weighted by Gasteiger charge is 2.49. The summed E-state index contributed by atoms with van der Waals surface area (Å²) < 4.78 is 0. The van der Waals surface area contributed by atoms with Crippen molar-refractivity contribution in [1.29, 1.82) is 0 Å². The first-order valence-corrected chi connectivity index (χ1v) is 7.47. The molecule has 0 aromatic rings. The summed E-state index contributed by atoms with van der Waals surface area (Å²) in [6.45, 7) is 11.6. The minimum atomic E-state index is 0.143. The van der Waals surface area contributed by atoms with E-state index < -0.39 is 0 Å². The fraction of sp³-hybridized carbons (Fsp3) is 0.824. The van der Waals surface area contributed by atoms with Crippen LogP contribution in [0.5, 0.6) is 0 Å². The summed E-state index contributed by atoms with van der Waals surface area (Å²) in [5.41, 5.74) is 2.22. The van der Waals surface area contributed by atoms with Crippen molar-refractivity contribution in [3.05, 3.63) is 11.6 Å². The van der Waals surface area contributed by atoms with E-state index in [1.165, 1.54) is 19.3 Å². The van der Waals surface area contributed by atoms with Crippen LogP contribution in [0.3, 0.4) is 0 Å². The summed E-state index contributed by atoms with van der Waals surface area (Å²) in [4.78, 5) is 11.3. The van der Waals surface area contributed by atoms with E-state index >= 15 is 0 Å². The highest BCUT2D eigenvalue weighted by Crippen LogP contribution is 2.57.